The maximum Gasteiger partial charge on any atom is 0.319 e. The van der Waals surface area contributed by atoms with Crippen molar-refractivity contribution in [3.8, 4) is 11.5 Å². The predicted molar refractivity (Wildman–Crippen MR) is 99.9 cm³/mol. The maximum absolute atomic E-state index is 12.1. The first-order valence-electron chi connectivity index (χ1n) is 9.45. The number of hydrogen-bond acceptors (Lipinski definition) is 4. The second-order valence-electron chi connectivity index (χ2n) is 7.05. The highest BCUT2D eigenvalue weighted by Gasteiger charge is 2.29. The fourth-order valence-corrected chi connectivity index (χ4v) is 3.23. The van der Waals surface area contributed by atoms with Crippen molar-refractivity contribution in [1.29, 1.82) is 0 Å². The van der Waals surface area contributed by atoms with Crippen LogP contribution >= 0.6 is 0 Å². The van der Waals surface area contributed by atoms with Crippen LogP contribution in [0.1, 0.15) is 56.7 Å². The van der Waals surface area contributed by atoms with Gasteiger partial charge in [-0.05, 0) is 63.1 Å². The van der Waals surface area contributed by atoms with Gasteiger partial charge in [0.1, 0.15) is 0 Å². The number of anilines is 1. The molecule has 1 aromatic heterocycles. The standard InChI is InChI=1S/C20H24N4O2/c25-20(21-12-11-14-5-2-1-3-6-14)22-17-8-4-7-16(13-17)19-23-18(24-26-19)15-9-10-15/h4-5,7-8,13,15H,1-3,6,9-12H2,(H2,21,22,25). The van der Waals surface area contributed by atoms with Crippen LogP contribution in [0.5, 0.6) is 0 Å². The summed E-state index contributed by atoms with van der Waals surface area (Å²) < 4.78 is 5.35. The van der Waals surface area contributed by atoms with Gasteiger partial charge in [0.25, 0.3) is 5.89 Å². The van der Waals surface area contributed by atoms with E-state index in [-0.39, 0.29) is 6.03 Å². The van der Waals surface area contributed by atoms with E-state index in [4.69, 9.17) is 4.52 Å². The molecule has 4 rings (SSSR count). The van der Waals surface area contributed by atoms with Crippen molar-refractivity contribution in [2.75, 3.05) is 11.9 Å². The zero-order chi connectivity index (χ0) is 17.8. The Bertz CT molecular complexity index is 808. The number of nitrogens with one attached hydrogen (secondary N) is 2. The molecule has 0 aliphatic heterocycles. The number of allylic oxidation sites excluding steroid dienone is 1. The molecule has 1 heterocycles. The highest BCUT2D eigenvalue weighted by Crippen LogP contribution is 2.39. The van der Waals surface area contributed by atoms with Crippen molar-refractivity contribution in [3.63, 3.8) is 0 Å². The second kappa shape index (κ2) is 7.72. The summed E-state index contributed by atoms with van der Waals surface area (Å²) in [4.78, 5) is 16.6. The molecule has 2 amide bonds. The van der Waals surface area contributed by atoms with Crippen molar-refractivity contribution < 1.29 is 9.32 Å². The Labute approximate surface area is 153 Å². The number of nitrogens with zero attached hydrogens (tertiary/aromatic N) is 2. The molecule has 136 valence electrons. The lowest BCUT2D eigenvalue weighted by Crippen LogP contribution is -2.29. The Morgan fingerprint density at radius 1 is 1.27 bits per heavy atom. The molecule has 6 heteroatoms. The molecule has 2 aromatic rings. The fourth-order valence-electron chi connectivity index (χ4n) is 3.23. The van der Waals surface area contributed by atoms with Gasteiger partial charge in [-0.3, -0.25) is 0 Å². The minimum atomic E-state index is -0.192. The van der Waals surface area contributed by atoms with Crippen LogP contribution in [0, 0.1) is 0 Å². The molecule has 26 heavy (non-hydrogen) atoms. The Hall–Kier alpha value is -2.63. The van der Waals surface area contributed by atoms with Crippen molar-refractivity contribution >= 4 is 11.7 Å². The Balaban J connectivity index is 1.31. The van der Waals surface area contributed by atoms with Crippen LogP contribution in [0.2, 0.25) is 0 Å². The molecule has 1 fully saturated rings. The summed E-state index contributed by atoms with van der Waals surface area (Å²) >= 11 is 0. The summed E-state index contributed by atoms with van der Waals surface area (Å²) in [6.45, 7) is 0.658. The van der Waals surface area contributed by atoms with E-state index in [9.17, 15) is 4.79 Å². The summed E-state index contributed by atoms with van der Waals surface area (Å²) in [5.74, 6) is 1.74. The largest absolute Gasteiger partial charge is 0.338 e. The van der Waals surface area contributed by atoms with E-state index in [1.165, 1.54) is 31.3 Å². The van der Waals surface area contributed by atoms with Gasteiger partial charge in [0.05, 0.1) is 0 Å². The normalized spacial score (nSPS) is 16.8. The van der Waals surface area contributed by atoms with Crippen molar-refractivity contribution in [2.24, 2.45) is 0 Å². The number of benzene rings is 1. The van der Waals surface area contributed by atoms with E-state index >= 15 is 0 Å². The van der Waals surface area contributed by atoms with Gasteiger partial charge >= 0.3 is 6.03 Å². The van der Waals surface area contributed by atoms with Gasteiger partial charge in [-0.1, -0.05) is 22.9 Å². The number of hydrogen-bond donors (Lipinski definition) is 2. The molecule has 0 bridgehead atoms. The first-order chi connectivity index (χ1) is 12.8. The van der Waals surface area contributed by atoms with Crippen LogP contribution < -0.4 is 10.6 Å². The molecule has 0 spiro atoms. The minimum Gasteiger partial charge on any atom is -0.338 e. The second-order valence-corrected chi connectivity index (χ2v) is 7.05. The van der Waals surface area contributed by atoms with Gasteiger partial charge in [0.2, 0.25) is 0 Å². The lowest BCUT2D eigenvalue weighted by atomic mass is 9.97. The van der Waals surface area contributed by atoms with Gasteiger partial charge in [0.15, 0.2) is 5.82 Å². The third-order valence-electron chi connectivity index (χ3n) is 4.87. The molecule has 6 nitrogen and oxygen atoms in total. The molecular weight excluding hydrogens is 328 g/mol. The fraction of sp³-hybridized carbons (Fsp3) is 0.450. The number of carbonyl (C=O) groups is 1. The molecule has 0 atom stereocenters. The number of amides is 2. The molecule has 2 N–H and O–H groups in total. The third kappa shape index (κ3) is 4.31. The maximum atomic E-state index is 12.1. The van der Waals surface area contributed by atoms with E-state index in [1.807, 2.05) is 24.3 Å². The smallest absolute Gasteiger partial charge is 0.319 e. The lowest BCUT2D eigenvalue weighted by Gasteiger charge is -2.13. The Kier molecular flexibility index (Phi) is 5.00. The van der Waals surface area contributed by atoms with Gasteiger partial charge < -0.3 is 15.2 Å². The zero-order valence-electron chi connectivity index (χ0n) is 14.8. The highest BCUT2D eigenvalue weighted by atomic mass is 16.5. The van der Waals surface area contributed by atoms with Gasteiger partial charge in [0, 0.05) is 23.7 Å². The number of aromatic nitrogens is 2. The van der Waals surface area contributed by atoms with E-state index < -0.39 is 0 Å². The summed E-state index contributed by atoms with van der Waals surface area (Å²) in [7, 11) is 0. The first kappa shape index (κ1) is 16.8. The van der Waals surface area contributed by atoms with E-state index in [0.717, 1.165) is 30.7 Å². The first-order valence-corrected chi connectivity index (χ1v) is 9.45. The molecule has 0 saturated heterocycles. The molecule has 0 unspecified atom stereocenters. The Morgan fingerprint density at radius 2 is 2.19 bits per heavy atom. The molecule has 0 radical (unpaired) electrons. The van der Waals surface area contributed by atoms with Crippen LogP contribution in [0.4, 0.5) is 10.5 Å². The topological polar surface area (TPSA) is 80.0 Å². The lowest BCUT2D eigenvalue weighted by molar-refractivity contribution is 0.252. The summed E-state index contributed by atoms with van der Waals surface area (Å²) in [5, 5.41) is 9.83. The SMILES string of the molecule is O=C(NCCC1=CCCCC1)Nc1cccc(-c2nc(C3CC3)no2)c1. The molecule has 2 aliphatic carbocycles. The summed E-state index contributed by atoms with van der Waals surface area (Å²) in [5.41, 5.74) is 2.99. The van der Waals surface area contributed by atoms with E-state index in [1.54, 1.807) is 0 Å². The average molecular weight is 352 g/mol. The van der Waals surface area contributed by atoms with E-state index in [0.29, 0.717) is 24.0 Å². The van der Waals surface area contributed by atoms with Crippen LogP contribution in [-0.4, -0.2) is 22.7 Å². The molecule has 1 saturated carbocycles. The number of rotatable bonds is 6. The third-order valence-corrected chi connectivity index (χ3v) is 4.87. The van der Waals surface area contributed by atoms with Gasteiger partial charge in [-0.2, -0.15) is 4.98 Å². The van der Waals surface area contributed by atoms with Crippen molar-refractivity contribution in [3.05, 3.63) is 41.7 Å². The van der Waals surface area contributed by atoms with Crippen molar-refractivity contribution in [1.82, 2.24) is 15.5 Å². The zero-order valence-corrected chi connectivity index (χ0v) is 14.8. The molecular formula is C20H24N4O2. The van der Waals surface area contributed by atoms with Crippen LogP contribution in [-0.2, 0) is 0 Å². The number of carbonyl (C=O) groups excluding carboxylic acids is 1. The average Bonchev–Trinajstić information content (AvgIpc) is 3.39. The Morgan fingerprint density at radius 3 is 3.00 bits per heavy atom. The van der Waals surface area contributed by atoms with Gasteiger partial charge in [-0.15, -0.1) is 0 Å². The monoisotopic (exact) mass is 352 g/mol. The predicted octanol–water partition coefficient (Wildman–Crippen LogP) is 4.63. The molecule has 1 aromatic carbocycles. The number of urea groups is 1. The van der Waals surface area contributed by atoms with Crippen molar-refractivity contribution in [2.45, 2.75) is 50.9 Å². The van der Waals surface area contributed by atoms with Gasteiger partial charge in [-0.25, -0.2) is 4.79 Å². The summed E-state index contributed by atoms with van der Waals surface area (Å²) in [6, 6.07) is 7.29. The van der Waals surface area contributed by atoms with Crippen LogP contribution in [0.25, 0.3) is 11.5 Å². The van der Waals surface area contributed by atoms with Crippen LogP contribution in [0.3, 0.4) is 0 Å². The van der Waals surface area contributed by atoms with Crippen LogP contribution in [0.15, 0.2) is 40.4 Å². The minimum absolute atomic E-state index is 0.192. The molecule has 2 aliphatic rings. The quantitative estimate of drug-likeness (QED) is 0.743. The highest BCUT2D eigenvalue weighted by molar-refractivity contribution is 5.89. The summed E-state index contributed by atoms with van der Waals surface area (Å²) in [6.07, 6.45) is 10.4. The van der Waals surface area contributed by atoms with E-state index in [2.05, 4.69) is 26.9 Å².